The Morgan fingerprint density at radius 1 is 1.33 bits per heavy atom. The molecule has 1 aliphatic rings. The Kier molecular flexibility index (Phi) is 3.59. The molecule has 98 valence electrons. The third kappa shape index (κ3) is 1.98. The number of carbonyl (C=O) groups is 1. The summed E-state index contributed by atoms with van der Waals surface area (Å²) in [7, 11) is 0. The topological polar surface area (TPSA) is 39.2 Å². The number of halogens is 2. The van der Waals surface area contributed by atoms with E-state index in [2.05, 4.69) is 4.98 Å². The lowest BCUT2D eigenvalue weighted by molar-refractivity contribution is -0.150. The molecule has 0 aliphatic heterocycles. The van der Waals surface area contributed by atoms with Gasteiger partial charge < -0.3 is 4.74 Å². The molecule has 0 atom stereocenters. The second-order valence-electron chi connectivity index (χ2n) is 4.49. The van der Waals surface area contributed by atoms with E-state index in [4.69, 9.17) is 4.74 Å². The van der Waals surface area contributed by atoms with Crippen LogP contribution < -0.4 is 0 Å². The van der Waals surface area contributed by atoms with E-state index in [0.717, 1.165) is 25.2 Å². The molecule has 1 aromatic heterocycles. The van der Waals surface area contributed by atoms with E-state index in [1.54, 1.807) is 6.92 Å². The van der Waals surface area contributed by atoms with E-state index in [0.29, 0.717) is 12.8 Å². The third-order valence-electron chi connectivity index (χ3n) is 3.46. The van der Waals surface area contributed by atoms with Crippen LogP contribution in [0.25, 0.3) is 0 Å². The summed E-state index contributed by atoms with van der Waals surface area (Å²) in [5.74, 6) is -2.08. The fourth-order valence-electron chi connectivity index (χ4n) is 2.67. The summed E-state index contributed by atoms with van der Waals surface area (Å²) < 4.78 is 32.7. The zero-order valence-corrected chi connectivity index (χ0v) is 10.2. The lowest BCUT2D eigenvalue weighted by atomic mass is 9.78. The molecular formula is C13H15F2NO2. The van der Waals surface area contributed by atoms with Gasteiger partial charge in [-0.15, -0.1) is 0 Å². The van der Waals surface area contributed by atoms with Crippen LogP contribution in [0.3, 0.4) is 0 Å². The van der Waals surface area contributed by atoms with Crippen molar-refractivity contribution in [3.63, 3.8) is 0 Å². The van der Waals surface area contributed by atoms with Crippen LogP contribution >= 0.6 is 0 Å². The molecule has 0 N–H and O–H groups in total. The van der Waals surface area contributed by atoms with Gasteiger partial charge in [0, 0.05) is 5.56 Å². The fraction of sp³-hybridized carbons (Fsp3) is 0.538. The normalized spacial score (nSPS) is 17.7. The lowest BCUT2D eigenvalue weighted by Crippen LogP contribution is -2.36. The maximum absolute atomic E-state index is 13.8. The molecule has 5 heteroatoms. The summed E-state index contributed by atoms with van der Waals surface area (Å²) in [5.41, 5.74) is -1.36. The van der Waals surface area contributed by atoms with Gasteiger partial charge in [0.05, 0.1) is 24.4 Å². The van der Waals surface area contributed by atoms with Crippen molar-refractivity contribution in [2.45, 2.75) is 38.0 Å². The monoisotopic (exact) mass is 255 g/mol. The van der Waals surface area contributed by atoms with E-state index in [9.17, 15) is 13.6 Å². The van der Waals surface area contributed by atoms with Crippen LogP contribution in [0.4, 0.5) is 8.78 Å². The van der Waals surface area contributed by atoms with E-state index in [-0.39, 0.29) is 12.2 Å². The quantitative estimate of drug-likeness (QED) is 0.779. The van der Waals surface area contributed by atoms with Crippen molar-refractivity contribution in [1.29, 1.82) is 0 Å². The highest BCUT2D eigenvalue weighted by Crippen LogP contribution is 2.44. The lowest BCUT2D eigenvalue weighted by Gasteiger charge is -2.27. The second kappa shape index (κ2) is 5.00. The highest BCUT2D eigenvalue weighted by molar-refractivity contribution is 5.83. The van der Waals surface area contributed by atoms with Crippen LogP contribution in [0.1, 0.15) is 38.2 Å². The molecule has 0 radical (unpaired) electrons. The van der Waals surface area contributed by atoms with Crippen LogP contribution in [0, 0.1) is 11.6 Å². The van der Waals surface area contributed by atoms with Crippen molar-refractivity contribution >= 4 is 5.97 Å². The molecule has 1 aromatic rings. The number of aromatic nitrogens is 1. The Bertz CT molecular complexity index is 436. The molecule has 1 saturated carbocycles. The first-order chi connectivity index (χ1) is 8.62. The summed E-state index contributed by atoms with van der Waals surface area (Å²) in [6.45, 7) is 1.88. The van der Waals surface area contributed by atoms with E-state index in [1.807, 2.05) is 0 Å². The van der Waals surface area contributed by atoms with Crippen LogP contribution in [0.2, 0.25) is 0 Å². The van der Waals surface area contributed by atoms with Gasteiger partial charge >= 0.3 is 5.97 Å². The maximum Gasteiger partial charge on any atom is 0.316 e. The van der Waals surface area contributed by atoms with Crippen molar-refractivity contribution in [2.24, 2.45) is 0 Å². The first-order valence-corrected chi connectivity index (χ1v) is 6.08. The molecule has 0 aromatic carbocycles. The molecular weight excluding hydrogens is 240 g/mol. The van der Waals surface area contributed by atoms with Crippen molar-refractivity contribution in [3.05, 3.63) is 29.6 Å². The number of hydrogen-bond acceptors (Lipinski definition) is 3. The highest BCUT2D eigenvalue weighted by Gasteiger charge is 2.47. The van der Waals surface area contributed by atoms with Crippen LogP contribution in [-0.2, 0) is 14.9 Å². The standard InChI is InChI=1S/C13H15F2NO2/c1-2-18-12(17)13(5-3-4-6-13)11-9(14)7-16-8-10(11)15/h7-8H,2-6H2,1H3. The molecule has 18 heavy (non-hydrogen) atoms. The molecule has 3 nitrogen and oxygen atoms in total. The number of esters is 1. The zero-order valence-electron chi connectivity index (χ0n) is 10.2. The molecule has 0 saturated heterocycles. The Morgan fingerprint density at radius 3 is 2.39 bits per heavy atom. The number of hydrogen-bond donors (Lipinski definition) is 0. The van der Waals surface area contributed by atoms with Crippen LogP contribution in [-0.4, -0.2) is 17.6 Å². The largest absolute Gasteiger partial charge is 0.465 e. The predicted octanol–water partition coefficient (Wildman–Crippen LogP) is 2.73. The van der Waals surface area contributed by atoms with E-state index < -0.39 is 23.0 Å². The number of carbonyl (C=O) groups excluding carboxylic acids is 1. The molecule has 0 spiro atoms. The van der Waals surface area contributed by atoms with Gasteiger partial charge in [-0.3, -0.25) is 9.78 Å². The molecule has 1 aliphatic carbocycles. The highest BCUT2D eigenvalue weighted by atomic mass is 19.1. The molecule has 0 unspecified atom stereocenters. The Labute approximate surface area is 104 Å². The molecule has 1 heterocycles. The number of nitrogens with zero attached hydrogens (tertiary/aromatic N) is 1. The molecule has 0 bridgehead atoms. The molecule has 0 amide bonds. The minimum absolute atomic E-state index is 0.187. The SMILES string of the molecule is CCOC(=O)C1(c2c(F)cncc2F)CCCC1. The van der Waals surface area contributed by atoms with E-state index in [1.165, 1.54) is 0 Å². The maximum atomic E-state index is 13.8. The zero-order chi connectivity index (χ0) is 13.2. The van der Waals surface area contributed by atoms with Crippen molar-refractivity contribution in [3.8, 4) is 0 Å². The average molecular weight is 255 g/mol. The van der Waals surface area contributed by atoms with Gasteiger partial charge in [-0.05, 0) is 19.8 Å². The van der Waals surface area contributed by atoms with Gasteiger partial charge in [0.1, 0.15) is 11.6 Å². The van der Waals surface area contributed by atoms with Gasteiger partial charge in [-0.1, -0.05) is 12.8 Å². The summed E-state index contributed by atoms with van der Waals surface area (Å²) in [6, 6.07) is 0. The minimum Gasteiger partial charge on any atom is -0.465 e. The fourth-order valence-corrected chi connectivity index (χ4v) is 2.67. The minimum atomic E-state index is -1.17. The van der Waals surface area contributed by atoms with Gasteiger partial charge in [-0.2, -0.15) is 0 Å². The van der Waals surface area contributed by atoms with E-state index >= 15 is 0 Å². The van der Waals surface area contributed by atoms with Crippen LogP contribution in [0.15, 0.2) is 12.4 Å². The predicted molar refractivity (Wildman–Crippen MR) is 60.9 cm³/mol. The summed E-state index contributed by atoms with van der Waals surface area (Å²) in [5, 5.41) is 0. The number of pyridine rings is 1. The van der Waals surface area contributed by atoms with Crippen molar-refractivity contribution < 1.29 is 18.3 Å². The third-order valence-corrected chi connectivity index (χ3v) is 3.46. The Morgan fingerprint density at radius 2 is 1.89 bits per heavy atom. The Balaban J connectivity index is 2.51. The smallest absolute Gasteiger partial charge is 0.316 e. The first-order valence-electron chi connectivity index (χ1n) is 6.08. The van der Waals surface area contributed by atoms with Crippen molar-refractivity contribution in [1.82, 2.24) is 4.98 Å². The molecule has 1 fully saturated rings. The molecule has 2 rings (SSSR count). The van der Waals surface area contributed by atoms with Gasteiger partial charge in [0.25, 0.3) is 0 Å². The van der Waals surface area contributed by atoms with Gasteiger partial charge in [-0.25, -0.2) is 8.78 Å². The summed E-state index contributed by atoms with van der Waals surface area (Å²) >= 11 is 0. The first kappa shape index (κ1) is 12.9. The summed E-state index contributed by atoms with van der Waals surface area (Å²) in [6.07, 6.45) is 4.25. The average Bonchev–Trinajstić information content (AvgIpc) is 2.79. The number of ether oxygens (including phenoxy) is 1. The Hall–Kier alpha value is -1.52. The second-order valence-corrected chi connectivity index (χ2v) is 4.49. The van der Waals surface area contributed by atoms with Gasteiger partial charge in [0.2, 0.25) is 0 Å². The van der Waals surface area contributed by atoms with Gasteiger partial charge in [0.15, 0.2) is 0 Å². The van der Waals surface area contributed by atoms with Crippen molar-refractivity contribution in [2.75, 3.05) is 6.61 Å². The number of rotatable bonds is 3. The summed E-state index contributed by atoms with van der Waals surface area (Å²) in [4.78, 5) is 15.5. The van der Waals surface area contributed by atoms with Crippen LogP contribution in [0.5, 0.6) is 0 Å².